The van der Waals surface area contributed by atoms with Gasteiger partial charge >= 0.3 is 0 Å². The van der Waals surface area contributed by atoms with Crippen molar-refractivity contribution in [2.45, 2.75) is 43.7 Å². The number of ketones is 1. The van der Waals surface area contributed by atoms with Gasteiger partial charge in [-0.25, -0.2) is 0 Å². The van der Waals surface area contributed by atoms with E-state index in [9.17, 15) is 25.2 Å². The van der Waals surface area contributed by atoms with Crippen LogP contribution in [-0.2, 0) is 30.5 Å². The first-order valence-corrected chi connectivity index (χ1v) is 13.3. The maximum Gasteiger partial charge on any atom is 0.226 e. The minimum atomic E-state index is -3.05. The lowest BCUT2D eigenvalue weighted by Gasteiger charge is -2.62. The second-order valence-corrected chi connectivity index (χ2v) is 10.9. The zero-order valence-corrected chi connectivity index (χ0v) is 21.8. The second kappa shape index (κ2) is 10.5. The van der Waals surface area contributed by atoms with Gasteiger partial charge in [0, 0.05) is 5.41 Å². The highest BCUT2D eigenvalue weighted by Gasteiger charge is 2.75. The van der Waals surface area contributed by atoms with Gasteiger partial charge in [-0.2, -0.15) is 0 Å². The van der Waals surface area contributed by atoms with Crippen LogP contribution in [-0.4, -0.2) is 37.8 Å². The van der Waals surface area contributed by atoms with Gasteiger partial charge in [-0.3, -0.25) is 4.79 Å². The Labute approximate surface area is 229 Å². The topological polar surface area (TPSA) is 98.0 Å². The Kier molecular flexibility index (Phi) is 7.27. The van der Waals surface area contributed by atoms with Gasteiger partial charge in [-0.05, 0) is 47.9 Å². The number of hydrogen-bond acceptors (Lipinski definition) is 5. The van der Waals surface area contributed by atoms with Crippen molar-refractivity contribution in [3.05, 3.63) is 144 Å². The lowest BCUT2D eigenvalue weighted by Crippen LogP contribution is -2.77. The summed E-state index contributed by atoms with van der Waals surface area (Å²) in [5, 5.41) is 46.4. The van der Waals surface area contributed by atoms with Crippen molar-refractivity contribution in [3.63, 3.8) is 0 Å². The molecule has 1 saturated carbocycles. The molecule has 1 aliphatic rings. The molecule has 4 N–H and O–H groups in total. The summed E-state index contributed by atoms with van der Waals surface area (Å²) in [5.41, 5.74) is 0.0966. The Balaban J connectivity index is 1.83. The first-order valence-electron chi connectivity index (χ1n) is 13.3. The quantitative estimate of drug-likeness (QED) is 0.259. The monoisotopic (exact) mass is 522 g/mol. The molecular formula is C34H34O5. The number of carbonyl (C=O) groups excluding carboxylic acids is 1. The maximum absolute atomic E-state index is 14.5. The number of Topliss-reactive ketones (excluding diaryl/α,β-unsaturated/α-hetero) is 1. The summed E-state index contributed by atoms with van der Waals surface area (Å²) in [6.45, 7) is 0. The fraction of sp³-hybridized carbons (Fsp3) is 0.265. The Morgan fingerprint density at radius 2 is 0.795 bits per heavy atom. The highest BCUT2D eigenvalue weighted by Crippen LogP contribution is 2.61. The van der Waals surface area contributed by atoms with Crippen LogP contribution in [0.3, 0.4) is 0 Å². The zero-order chi connectivity index (χ0) is 27.6. The van der Waals surface area contributed by atoms with Gasteiger partial charge in [0.2, 0.25) is 11.6 Å². The number of aliphatic hydroxyl groups is 4. The molecule has 0 amide bonds. The molecule has 1 aliphatic carbocycles. The molecule has 5 rings (SSSR count). The summed E-state index contributed by atoms with van der Waals surface area (Å²) < 4.78 is 0. The van der Waals surface area contributed by atoms with Crippen molar-refractivity contribution in [1.29, 1.82) is 0 Å². The molecule has 0 radical (unpaired) electrons. The SMILES string of the molecule is O=C1CC(O)(O)C(O)(O)C(Cc2ccccc2)(Cc2ccccc2)C1(Cc1ccccc1)Cc1ccccc1. The van der Waals surface area contributed by atoms with E-state index in [2.05, 4.69) is 0 Å². The summed E-state index contributed by atoms with van der Waals surface area (Å²) in [6.07, 6.45) is -0.348. The van der Waals surface area contributed by atoms with Crippen LogP contribution in [0.5, 0.6) is 0 Å². The van der Waals surface area contributed by atoms with Crippen LogP contribution in [0.2, 0.25) is 0 Å². The molecule has 5 nitrogen and oxygen atoms in total. The van der Waals surface area contributed by atoms with Gasteiger partial charge in [-0.15, -0.1) is 0 Å². The van der Waals surface area contributed by atoms with Gasteiger partial charge < -0.3 is 20.4 Å². The van der Waals surface area contributed by atoms with Crippen molar-refractivity contribution < 1.29 is 25.2 Å². The van der Waals surface area contributed by atoms with Crippen LogP contribution in [0.25, 0.3) is 0 Å². The van der Waals surface area contributed by atoms with E-state index in [0.29, 0.717) is 0 Å². The Morgan fingerprint density at radius 3 is 1.13 bits per heavy atom. The van der Waals surface area contributed by atoms with Crippen molar-refractivity contribution in [3.8, 4) is 0 Å². The van der Waals surface area contributed by atoms with Crippen molar-refractivity contribution >= 4 is 5.78 Å². The largest absolute Gasteiger partial charge is 0.361 e. The predicted molar refractivity (Wildman–Crippen MR) is 149 cm³/mol. The first-order chi connectivity index (χ1) is 18.7. The van der Waals surface area contributed by atoms with Gasteiger partial charge in [0.25, 0.3) is 0 Å². The third kappa shape index (κ3) is 4.83. The Bertz CT molecular complexity index is 1300. The third-order valence-electron chi connectivity index (χ3n) is 8.48. The zero-order valence-electron chi connectivity index (χ0n) is 21.8. The first kappa shape index (κ1) is 27.0. The van der Waals surface area contributed by atoms with Gasteiger partial charge in [0.15, 0.2) is 0 Å². The van der Waals surface area contributed by atoms with Crippen molar-refractivity contribution in [1.82, 2.24) is 0 Å². The summed E-state index contributed by atoms with van der Waals surface area (Å²) in [4.78, 5) is 14.5. The summed E-state index contributed by atoms with van der Waals surface area (Å²) >= 11 is 0. The molecule has 0 atom stereocenters. The normalized spacial score (nSPS) is 18.9. The highest BCUT2D eigenvalue weighted by molar-refractivity contribution is 5.89. The molecule has 0 bridgehead atoms. The fourth-order valence-electron chi connectivity index (χ4n) is 6.52. The van der Waals surface area contributed by atoms with E-state index in [0.717, 1.165) is 22.3 Å². The average Bonchev–Trinajstić information content (AvgIpc) is 2.93. The van der Waals surface area contributed by atoms with E-state index >= 15 is 0 Å². The van der Waals surface area contributed by atoms with Crippen LogP contribution in [0.1, 0.15) is 28.7 Å². The lowest BCUT2D eigenvalue weighted by molar-refractivity contribution is -0.422. The number of carbonyl (C=O) groups is 1. The number of rotatable bonds is 8. The van der Waals surface area contributed by atoms with Crippen molar-refractivity contribution in [2.75, 3.05) is 0 Å². The average molecular weight is 523 g/mol. The molecule has 4 aromatic rings. The standard InChI is InChI=1S/C34H34O5/c35-30-25-33(36,37)34(38,39)32(23-28-17-9-3-10-18-28,24-29-19-11-4-12-20-29)31(30,21-26-13-5-1-6-14-26)22-27-15-7-2-8-16-27/h1-20,36-39H,21-25H2. The Hall–Kier alpha value is -3.61. The minimum Gasteiger partial charge on any atom is -0.361 e. The van der Waals surface area contributed by atoms with Crippen LogP contribution < -0.4 is 0 Å². The van der Waals surface area contributed by atoms with Gasteiger partial charge in [0.05, 0.1) is 11.8 Å². The second-order valence-electron chi connectivity index (χ2n) is 10.9. The van der Waals surface area contributed by atoms with E-state index in [-0.39, 0.29) is 25.7 Å². The molecular weight excluding hydrogens is 488 g/mol. The molecule has 4 aromatic carbocycles. The molecule has 0 unspecified atom stereocenters. The molecule has 1 fully saturated rings. The molecule has 0 heterocycles. The van der Waals surface area contributed by atoms with E-state index in [1.54, 1.807) is 0 Å². The van der Waals surface area contributed by atoms with E-state index in [4.69, 9.17) is 0 Å². The molecule has 39 heavy (non-hydrogen) atoms. The molecule has 0 spiro atoms. The van der Waals surface area contributed by atoms with Gasteiger partial charge in [0.1, 0.15) is 5.78 Å². The van der Waals surface area contributed by atoms with E-state index in [1.807, 2.05) is 121 Å². The summed E-state index contributed by atoms with van der Waals surface area (Å²) in [6, 6.07) is 37.7. The van der Waals surface area contributed by atoms with Crippen LogP contribution in [0.15, 0.2) is 121 Å². The Morgan fingerprint density at radius 1 is 0.487 bits per heavy atom. The van der Waals surface area contributed by atoms with E-state index < -0.39 is 34.6 Å². The lowest BCUT2D eigenvalue weighted by atomic mass is 9.44. The third-order valence-corrected chi connectivity index (χ3v) is 8.48. The highest BCUT2D eigenvalue weighted by atomic mass is 16.6. The molecule has 5 heteroatoms. The van der Waals surface area contributed by atoms with Crippen LogP contribution in [0.4, 0.5) is 0 Å². The van der Waals surface area contributed by atoms with E-state index in [1.165, 1.54) is 0 Å². The molecule has 200 valence electrons. The molecule has 0 saturated heterocycles. The van der Waals surface area contributed by atoms with Crippen LogP contribution in [0, 0.1) is 10.8 Å². The summed E-state index contributed by atoms with van der Waals surface area (Å²) in [7, 11) is 0. The maximum atomic E-state index is 14.5. The molecule has 0 aromatic heterocycles. The predicted octanol–water partition coefficient (Wildman–Crippen LogP) is 4.26. The van der Waals surface area contributed by atoms with Crippen molar-refractivity contribution in [2.24, 2.45) is 10.8 Å². The minimum absolute atomic E-state index is 0.0318. The fourth-order valence-corrected chi connectivity index (χ4v) is 6.52. The van der Waals surface area contributed by atoms with Crippen LogP contribution >= 0.6 is 0 Å². The van der Waals surface area contributed by atoms with Gasteiger partial charge in [-0.1, -0.05) is 121 Å². The molecule has 0 aliphatic heterocycles. The number of benzene rings is 4. The summed E-state index contributed by atoms with van der Waals surface area (Å²) in [5.74, 6) is -6.50. The number of hydrogen-bond donors (Lipinski definition) is 4. The smallest absolute Gasteiger partial charge is 0.226 e.